The second kappa shape index (κ2) is 26.3. The van der Waals surface area contributed by atoms with E-state index in [0.29, 0.717) is 0 Å². The molecule has 0 spiro atoms. The third-order valence-electron chi connectivity index (χ3n) is 7.26. The van der Waals surface area contributed by atoms with Crippen molar-refractivity contribution in [3.8, 4) is 0 Å². The highest BCUT2D eigenvalue weighted by Gasteiger charge is 2.16. The lowest BCUT2D eigenvalue weighted by atomic mass is 10.1. The van der Waals surface area contributed by atoms with E-state index < -0.39 is 6.04 Å². The fourth-order valence-electron chi connectivity index (χ4n) is 4.94. The van der Waals surface area contributed by atoms with Gasteiger partial charge in [-0.15, -0.1) is 0 Å². The first kappa shape index (κ1) is 32.7. The van der Waals surface area contributed by atoms with Crippen molar-refractivity contribution in [1.82, 2.24) is 0 Å². The maximum absolute atomic E-state index is 6.42. The van der Waals surface area contributed by atoms with Gasteiger partial charge >= 0.3 is 0 Å². The summed E-state index contributed by atoms with van der Waals surface area (Å²) in [5.74, 6) is 0. The Balaban J connectivity index is 4.06. The molecule has 0 saturated heterocycles. The summed E-state index contributed by atoms with van der Waals surface area (Å²) in [6, 6.07) is -1.08. The first-order chi connectivity index (χ1) is 15.7. The molecular formula is C30H63PS. The zero-order chi connectivity index (χ0) is 23.6. The smallest absolute Gasteiger partial charge is 0.0235 e. The molecule has 0 unspecified atom stereocenters. The molecule has 0 aliphatic rings. The highest BCUT2D eigenvalue weighted by Crippen LogP contribution is 2.49. The average Bonchev–Trinajstić information content (AvgIpc) is 2.79. The number of hydrogen-bond donors (Lipinski definition) is 0. The van der Waals surface area contributed by atoms with E-state index in [4.69, 9.17) is 11.8 Å². The first-order valence-electron chi connectivity index (χ1n) is 15.3. The molecule has 32 heavy (non-hydrogen) atoms. The van der Waals surface area contributed by atoms with Gasteiger partial charge in [-0.3, -0.25) is 0 Å². The van der Waals surface area contributed by atoms with Gasteiger partial charge in [-0.25, -0.2) is 0 Å². The standard InChI is InChI=1S/C30H63PS/c1-4-7-10-13-16-19-22-25-28-31(32,29-26-23-20-17-14-11-8-5-2)30-27-24-21-18-15-12-9-6-3/h4-30H2,1-3H3. The van der Waals surface area contributed by atoms with Gasteiger partial charge in [0.1, 0.15) is 0 Å². The molecule has 0 bridgehead atoms. The molecule has 0 aromatic heterocycles. The molecule has 0 saturated carbocycles. The molecule has 0 nitrogen and oxygen atoms in total. The van der Waals surface area contributed by atoms with E-state index in [-0.39, 0.29) is 0 Å². The van der Waals surface area contributed by atoms with E-state index in [1.165, 1.54) is 173 Å². The molecule has 0 rings (SSSR count). The zero-order valence-electron chi connectivity index (χ0n) is 22.9. The normalized spacial score (nSPS) is 12.0. The number of unbranched alkanes of at least 4 members (excludes halogenated alkanes) is 21. The van der Waals surface area contributed by atoms with Crippen LogP contribution < -0.4 is 0 Å². The molecule has 0 fully saturated rings. The van der Waals surface area contributed by atoms with Crippen LogP contribution in [0.25, 0.3) is 0 Å². The van der Waals surface area contributed by atoms with Gasteiger partial charge in [0.05, 0.1) is 0 Å². The van der Waals surface area contributed by atoms with Crippen LogP contribution >= 0.6 is 6.04 Å². The summed E-state index contributed by atoms with van der Waals surface area (Å²) in [6.45, 7) is 6.93. The maximum Gasteiger partial charge on any atom is -0.0235 e. The lowest BCUT2D eigenvalue weighted by Gasteiger charge is -2.22. The molecule has 0 N–H and O–H groups in total. The molecule has 0 radical (unpaired) electrons. The predicted molar refractivity (Wildman–Crippen MR) is 157 cm³/mol. The topological polar surface area (TPSA) is 0 Å². The molecule has 0 aromatic carbocycles. The van der Waals surface area contributed by atoms with Crippen LogP contribution in [-0.4, -0.2) is 18.5 Å². The Bertz CT molecular complexity index is 335. The summed E-state index contributed by atoms with van der Waals surface area (Å²) in [6.07, 6.45) is 38.7. The summed E-state index contributed by atoms with van der Waals surface area (Å²) >= 11 is 6.42. The second-order valence-electron chi connectivity index (χ2n) is 10.7. The summed E-state index contributed by atoms with van der Waals surface area (Å²) in [5.41, 5.74) is 0. The largest absolute Gasteiger partial charge is 0.0975 e. The Hall–Kier alpha value is 0.650. The molecular weight excluding hydrogens is 423 g/mol. The average molecular weight is 487 g/mol. The Morgan fingerprint density at radius 2 is 0.500 bits per heavy atom. The fourth-order valence-corrected chi connectivity index (χ4v) is 9.17. The van der Waals surface area contributed by atoms with Crippen molar-refractivity contribution in [2.24, 2.45) is 0 Å². The van der Waals surface area contributed by atoms with Gasteiger partial charge in [-0.1, -0.05) is 167 Å². The van der Waals surface area contributed by atoms with Crippen LogP contribution in [0.2, 0.25) is 0 Å². The SMILES string of the molecule is CCCCCCCCCCP(=S)(CCCCCCCCCC)CCCCCCCCCC. The molecule has 0 heterocycles. The van der Waals surface area contributed by atoms with Crippen LogP contribution in [0.1, 0.15) is 175 Å². The van der Waals surface area contributed by atoms with Crippen LogP contribution in [0.5, 0.6) is 0 Å². The van der Waals surface area contributed by atoms with Gasteiger partial charge in [0.2, 0.25) is 0 Å². The van der Waals surface area contributed by atoms with Crippen molar-refractivity contribution in [2.75, 3.05) is 18.5 Å². The Kier molecular flexibility index (Phi) is 26.8. The van der Waals surface area contributed by atoms with Crippen LogP contribution in [0.3, 0.4) is 0 Å². The third kappa shape index (κ3) is 23.8. The minimum Gasteiger partial charge on any atom is -0.0975 e. The molecule has 2 heteroatoms. The van der Waals surface area contributed by atoms with Crippen LogP contribution in [0, 0.1) is 0 Å². The van der Waals surface area contributed by atoms with Crippen molar-refractivity contribution in [3.05, 3.63) is 0 Å². The quantitative estimate of drug-likeness (QED) is 0.0821. The molecule has 0 atom stereocenters. The highest BCUT2D eigenvalue weighted by atomic mass is 32.4. The molecule has 0 amide bonds. The van der Waals surface area contributed by atoms with Gasteiger partial charge in [0, 0.05) is 0 Å². The van der Waals surface area contributed by atoms with E-state index in [1.54, 1.807) is 0 Å². The summed E-state index contributed by atoms with van der Waals surface area (Å²) in [4.78, 5) is 0. The summed E-state index contributed by atoms with van der Waals surface area (Å²) < 4.78 is 0. The van der Waals surface area contributed by atoms with Crippen LogP contribution in [0.15, 0.2) is 0 Å². The van der Waals surface area contributed by atoms with Crippen molar-refractivity contribution in [3.63, 3.8) is 0 Å². The van der Waals surface area contributed by atoms with E-state index >= 15 is 0 Å². The number of hydrogen-bond acceptors (Lipinski definition) is 1. The van der Waals surface area contributed by atoms with E-state index in [2.05, 4.69) is 20.8 Å². The lowest BCUT2D eigenvalue weighted by Crippen LogP contribution is -2.01. The van der Waals surface area contributed by atoms with Gasteiger partial charge in [0.15, 0.2) is 0 Å². The van der Waals surface area contributed by atoms with Crippen molar-refractivity contribution >= 4 is 17.8 Å². The van der Waals surface area contributed by atoms with Crippen LogP contribution in [0.4, 0.5) is 0 Å². The number of rotatable bonds is 27. The van der Waals surface area contributed by atoms with Gasteiger partial charge in [-0.05, 0) is 43.8 Å². The van der Waals surface area contributed by atoms with E-state index in [0.717, 1.165) is 0 Å². The second-order valence-corrected chi connectivity index (χ2v) is 16.4. The van der Waals surface area contributed by atoms with Gasteiger partial charge in [-0.2, -0.15) is 0 Å². The lowest BCUT2D eigenvalue weighted by molar-refractivity contribution is 0.581. The first-order valence-corrected chi connectivity index (χ1v) is 18.6. The highest BCUT2D eigenvalue weighted by molar-refractivity contribution is 8.14. The summed E-state index contributed by atoms with van der Waals surface area (Å²) in [7, 11) is 0. The molecule has 0 aromatic rings. The minimum atomic E-state index is -1.08. The summed E-state index contributed by atoms with van der Waals surface area (Å²) in [5, 5.41) is 0. The van der Waals surface area contributed by atoms with Crippen molar-refractivity contribution in [1.29, 1.82) is 0 Å². The predicted octanol–water partition coefficient (Wildman–Crippen LogP) is 11.9. The Labute approximate surface area is 210 Å². The monoisotopic (exact) mass is 486 g/mol. The third-order valence-corrected chi connectivity index (χ3v) is 12.3. The maximum atomic E-state index is 6.42. The van der Waals surface area contributed by atoms with Gasteiger partial charge in [0.25, 0.3) is 0 Å². The Morgan fingerprint density at radius 1 is 0.312 bits per heavy atom. The van der Waals surface area contributed by atoms with Crippen molar-refractivity contribution in [2.45, 2.75) is 175 Å². The Morgan fingerprint density at radius 3 is 0.719 bits per heavy atom. The van der Waals surface area contributed by atoms with Gasteiger partial charge < -0.3 is 0 Å². The fraction of sp³-hybridized carbons (Fsp3) is 1.00. The minimum absolute atomic E-state index is 1.08. The zero-order valence-corrected chi connectivity index (χ0v) is 24.7. The van der Waals surface area contributed by atoms with Crippen LogP contribution in [-0.2, 0) is 11.8 Å². The van der Waals surface area contributed by atoms with E-state index in [9.17, 15) is 0 Å². The van der Waals surface area contributed by atoms with E-state index in [1.807, 2.05) is 0 Å². The molecule has 0 aliphatic carbocycles. The molecule has 0 aliphatic heterocycles. The molecule has 194 valence electrons. The van der Waals surface area contributed by atoms with Crippen molar-refractivity contribution < 1.29 is 0 Å².